The number of hydrogen-bond donors (Lipinski definition) is 2. The highest BCUT2D eigenvalue weighted by molar-refractivity contribution is 14.1. The van der Waals surface area contributed by atoms with E-state index in [1.165, 1.54) is 22.3 Å². The molecular weight excluding hydrogens is 433 g/mol. The molecule has 1 atom stereocenters. The number of nitrogens with one attached hydrogen (secondary N) is 1. The minimum Gasteiger partial charge on any atom is -0.449 e. The summed E-state index contributed by atoms with van der Waals surface area (Å²) in [6, 6.07) is 16.2. The van der Waals surface area contributed by atoms with E-state index in [-0.39, 0.29) is 25.2 Å². The number of ether oxygens (including phenoxy) is 1. The molecule has 2 aromatic rings. The van der Waals surface area contributed by atoms with E-state index in [9.17, 15) is 4.79 Å². The van der Waals surface area contributed by atoms with Gasteiger partial charge in [-0.25, -0.2) is 4.79 Å². The fourth-order valence-corrected chi connectivity index (χ4v) is 3.67. The smallest absolute Gasteiger partial charge is 0.407 e. The van der Waals surface area contributed by atoms with Gasteiger partial charge in [0.15, 0.2) is 0 Å². The van der Waals surface area contributed by atoms with Crippen LogP contribution in [-0.2, 0) is 7.80 Å². The highest BCUT2D eigenvalue weighted by Gasteiger charge is 2.29. The van der Waals surface area contributed by atoms with E-state index in [2.05, 4.69) is 29.6 Å². The number of fused-ring (bicyclic) bond motifs is 3. The Labute approximate surface area is 161 Å². The molecule has 25 heavy (non-hydrogen) atoms. The summed E-state index contributed by atoms with van der Waals surface area (Å²) in [6.07, 6.45) is -0.0681. The molecule has 1 aliphatic rings. The first kappa shape index (κ1) is 18.2. The van der Waals surface area contributed by atoms with Gasteiger partial charge in [0.1, 0.15) is 29.6 Å². The van der Waals surface area contributed by atoms with Crippen molar-refractivity contribution in [1.82, 2.24) is 5.32 Å². The van der Waals surface area contributed by atoms with Crippen LogP contribution < -0.4 is 5.32 Å². The molecule has 1 unspecified atom stereocenters. The zero-order chi connectivity index (χ0) is 17.6. The Hall–Kier alpha value is -1.64. The summed E-state index contributed by atoms with van der Waals surface area (Å²) >= 11 is 1.77. The van der Waals surface area contributed by atoms with Gasteiger partial charge in [0, 0.05) is 12.5 Å². The molecule has 2 N–H and O–H groups in total. The first-order chi connectivity index (χ1) is 12.2. The first-order valence-corrected chi connectivity index (χ1v) is 9.08. The summed E-state index contributed by atoms with van der Waals surface area (Å²) in [5.41, 5.74) is 4.75. The Kier molecular flexibility index (Phi) is 6.28. The molecule has 1 amide bonds. The van der Waals surface area contributed by atoms with Crippen molar-refractivity contribution in [1.29, 1.82) is 0 Å². The number of alkyl carbamates (subject to hydrolysis) is 1. The number of carbonyl (C=O) groups is 1. The molecule has 0 heterocycles. The average Bonchev–Trinajstić information content (AvgIpc) is 2.94. The van der Waals surface area contributed by atoms with E-state index in [4.69, 9.17) is 12.9 Å². The molecule has 2 aromatic carbocycles. The van der Waals surface area contributed by atoms with Gasteiger partial charge in [-0.3, -0.25) is 0 Å². The number of hydrogen-bond acceptors (Lipinski definition) is 4. The maximum absolute atomic E-state index is 12.1. The summed E-state index contributed by atoms with van der Waals surface area (Å²) in [6.45, 7) is 0.580. The third-order valence-electron chi connectivity index (χ3n) is 4.41. The molecule has 5 nitrogen and oxygen atoms in total. The first-order valence-electron chi connectivity index (χ1n) is 8.20. The topological polar surface area (TPSA) is 67.8 Å². The van der Waals surface area contributed by atoms with Crippen LogP contribution in [0.2, 0.25) is 0 Å². The summed E-state index contributed by atoms with van der Waals surface area (Å²) in [4.78, 5) is 12.1. The molecule has 1 aliphatic carbocycles. The molecule has 0 spiro atoms. The third-order valence-corrected chi connectivity index (χ3v) is 4.77. The fourth-order valence-electron chi connectivity index (χ4n) is 3.24. The van der Waals surface area contributed by atoms with Crippen molar-refractivity contribution in [3.8, 4) is 11.1 Å². The number of aliphatic hydroxyl groups is 1. The second-order valence-electron chi connectivity index (χ2n) is 5.95. The predicted molar refractivity (Wildman–Crippen MR) is 104 cm³/mol. The second-order valence-corrected chi connectivity index (χ2v) is 6.58. The molecule has 132 valence electrons. The molecule has 0 aromatic heterocycles. The number of benzene rings is 2. The monoisotopic (exact) mass is 453 g/mol. The van der Waals surface area contributed by atoms with Crippen LogP contribution in [0.5, 0.6) is 0 Å². The number of halogens is 1. The molecule has 0 radical (unpaired) electrons. The quantitative estimate of drug-likeness (QED) is 0.629. The van der Waals surface area contributed by atoms with Crippen molar-refractivity contribution < 1.29 is 17.7 Å². The van der Waals surface area contributed by atoms with E-state index < -0.39 is 6.09 Å². The molecule has 0 bridgehead atoms. The lowest BCUT2D eigenvalue weighted by Gasteiger charge is -2.18. The fraction of sp³-hybridized carbons (Fsp3) is 0.316. The van der Waals surface area contributed by atoms with Crippen molar-refractivity contribution in [2.45, 2.75) is 18.4 Å². The minimum atomic E-state index is -0.492. The van der Waals surface area contributed by atoms with E-state index in [0.29, 0.717) is 13.0 Å². The summed E-state index contributed by atoms with van der Waals surface area (Å²) < 4.78 is 10.5. The Morgan fingerprint density at radius 1 is 1.12 bits per heavy atom. The third kappa shape index (κ3) is 4.13. The Morgan fingerprint density at radius 2 is 1.72 bits per heavy atom. The molecule has 0 saturated carbocycles. The van der Waals surface area contributed by atoms with Crippen LogP contribution in [0.1, 0.15) is 23.5 Å². The maximum atomic E-state index is 12.1. The average molecular weight is 453 g/mol. The summed E-state index contributed by atoms with van der Waals surface area (Å²) in [7, 11) is 0. The van der Waals surface area contributed by atoms with Crippen molar-refractivity contribution >= 4 is 29.1 Å². The minimum absolute atomic E-state index is 0.0195. The van der Waals surface area contributed by atoms with Crippen LogP contribution >= 0.6 is 23.0 Å². The lowest BCUT2D eigenvalue weighted by atomic mass is 9.98. The summed E-state index contributed by atoms with van der Waals surface area (Å²) in [5.74, 6) is 0.0373. The predicted octanol–water partition coefficient (Wildman–Crippen LogP) is 3.64. The van der Waals surface area contributed by atoms with E-state index in [0.717, 1.165) is 0 Å². The second kappa shape index (κ2) is 8.64. The van der Waals surface area contributed by atoms with Gasteiger partial charge >= 0.3 is 6.09 Å². The van der Waals surface area contributed by atoms with Gasteiger partial charge in [0.2, 0.25) is 0 Å². The van der Waals surface area contributed by atoms with Crippen molar-refractivity contribution in [3.05, 3.63) is 59.7 Å². The standard InChI is InChI=1S/C19H20INO4/c20-25-11-13(9-10-22)21-19(23)24-12-18-16-7-3-1-5-14(16)15-6-2-4-8-17(15)18/h1-8,13,18,22H,9-12H2,(H,21,23). The highest BCUT2D eigenvalue weighted by atomic mass is 127. The molecule has 0 fully saturated rings. The molecule has 0 aliphatic heterocycles. The lowest BCUT2D eigenvalue weighted by molar-refractivity contribution is 0.133. The van der Waals surface area contributed by atoms with Crippen LogP contribution in [-0.4, -0.2) is 37.1 Å². The SMILES string of the molecule is O=C(NC(CCO)COI)OCC1c2ccccc2-c2ccccc21. The van der Waals surface area contributed by atoms with Crippen molar-refractivity contribution in [2.24, 2.45) is 0 Å². The van der Waals surface area contributed by atoms with E-state index >= 15 is 0 Å². The van der Waals surface area contributed by atoms with Crippen LogP contribution in [0.15, 0.2) is 48.5 Å². The zero-order valence-corrected chi connectivity index (χ0v) is 15.8. The van der Waals surface area contributed by atoms with Crippen LogP contribution in [0.25, 0.3) is 11.1 Å². The van der Waals surface area contributed by atoms with Gasteiger partial charge in [0.25, 0.3) is 0 Å². The lowest BCUT2D eigenvalue weighted by Crippen LogP contribution is -2.39. The maximum Gasteiger partial charge on any atom is 0.407 e. The number of rotatable bonds is 7. The normalized spacial score (nSPS) is 13.8. The van der Waals surface area contributed by atoms with Gasteiger partial charge in [-0.1, -0.05) is 48.5 Å². The summed E-state index contributed by atoms with van der Waals surface area (Å²) in [5, 5.41) is 11.8. The van der Waals surface area contributed by atoms with Crippen molar-refractivity contribution in [2.75, 3.05) is 19.8 Å². The molecule has 3 rings (SSSR count). The number of carbonyl (C=O) groups excluding carboxylic acids is 1. The zero-order valence-electron chi connectivity index (χ0n) is 13.7. The highest BCUT2D eigenvalue weighted by Crippen LogP contribution is 2.44. The molecule has 6 heteroatoms. The number of aliphatic hydroxyl groups excluding tert-OH is 1. The van der Waals surface area contributed by atoms with Gasteiger partial charge in [-0.05, 0) is 28.7 Å². The Bertz CT molecular complexity index is 685. The Balaban J connectivity index is 1.68. The molecule has 0 saturated heterocycles. The Morgan fingerprint density at radius 3 is 2.28 bits per heavy atom. The van der Waals surface area contributed by atoms with Crippen molar-refractivity contribution in [3.63, 3.8) is 0 Å². The van der Waals surface area contributed by atoms with E-state index in [1.54, 1.807) is 23.0 Å². The van der Waals surface area contributed by atoms with E-state index in [1.807, 2.05) is 24.3 Å². The van der Waals surface area contributed by atoms with Crippen LogP contribution in [0.3, 0.4) is 0 Å². The van der Waals surface area contributed by atoms with Gasteiger partial charge < -0.3 is 18.2 Å². The van der Waals surface area contributed by atoms with Crippen LogP contribution in [0, 0.1) is 0 Å². The molecular formula is C19H20INO4. The van der Waals surface area contributed by atoms with Gasteiger partial charge in [-0.15, -0.1) is 0 Å². The van der Waals surface area contributed by atoms with Gasteiger partial charge in [0.05, 0.1) is 12.6 Å². The van der Waals surface area contributed by atoms with Crippen LogP contribution in [0.4, 0.5) is 4.79 Å². The van der Waals surface area contributed by atoms with Gasteiger partial charge in [-0.2, -0.15) is 0 Å². The number of amides is 1. The largest absolute Gasteiger partial charge is 0.449 e.